The monoisotopic (exact) mass is 268 g/mol. The average molecular weight is 268 g/mol. The third-order valence-corrected chi connectivity index (χ3v) is 3.59. The number of nitrogens with one attached hydrogen (secondary N) is 1. The molecule has 1 aromatic rings. The van der Waals surface area contributed by atoms with E-state index in [1.807, 2.05) is 6.07 Å². The van der Waals surface area contributed by atoms with Gasteiger partial charge in [-0.3, -0.25) is 0 Å². The number of benzene rings is 1. The minimum absolute atomic E-state index is 0.151. The average Bonchev–Trinajstić information content (AvgIpc) is 2.36. The van der Waals surface area contributed by atoms with Crippen LogP contribution < -0.4 is 10.2 Å². The summed E-state index contributed by atoms with van der Waals surface area (Å²) in [5.41, 5.74) is 2.42. The zero-order chi connectivity index (χ0) is 13.8. The maximum atomic E-state index is 12.3. The number of nitrogens with zero attached hydrogens (tertiary/aromatic N) is 1. The second-order valence-corrected chi connectivity index (χ2v) is 5.58. The molecular formula is C15H22F2N2. The molecule has 2 nitrogen and oxygen atoms in total. The Bertz CT molecular complexity index is 409. The van der Waals surface area contributed by atoms with Crippen molar-refractivity contribution in [2.24, 2.45) is 5.92 Å². The summed E-state index contributed by atoms with van der Waals surface area (Å²) in [7, 11) is 0. The van der Waals surface area contributed by atoms with Crippen molar-refractivity contribution in [3.05, 3.63) is 29.8 Å². The maximum absolute atomic E-state index is 12.3. The molecule has 1 saturated heterocycles. The fourth-order valence-electron chi connectivity index (χ4n) is 2.79. The van der Waals surface area contributed by atoms with Gasteiger partial charge in [-0.15, -0.1) is 0 Å². The standard InChI is InChI=1S/C15H22F2N2/c1-11-4-3-5-14(7-11)19-9-12(2)6-13(10-19)18-8-15(16)17/h3-5,7,12-13,15,18H,6,8-10H2,1-2H3. The van der Waals surface area contributed by atoms with Crippen molar-refractivity contribution >= 4 is 5.69 Å². The van der Waals surface area contributed by atoms with Crippen LogP contribution in [0.1, 0.15) is 18.9 Å². The normalized spacial score (nSPS) is 23.9. The lowest BCUT2D eigenvalue weighted by atomic mass is 9.95. The summed E-state index contributed by atoms with van der Waals surface area (Å²) in [4.78, 5) is 2.30. The van der Waals surface area contributed by atoms with Crippen LogP contribution in [0.3, 0.4) is 0 Å². The Balaban J connectivity index is 2.01. The molecule has 2 unspecified atom stereocenters. The molecule has 2 atom stereocenters. The molecule has 1 aliphatic heterocycles. The number of aryl methyl sites for hydroxylation is 1. The van der Waals surface area contributed by atoms with Gasteiger partial charge in [0, 0.05) is 24.8 Å². The quantitative estimate of drug-likeness (QED) is 0.903. The molecule has 2 rings (SSSR count). The van der Waals surface area contributed by atoms with Gasteiger partial charge in [0.05, 0.1) is 6.54 Å². The highest BCUT2D eigenvalue weighted by Gasteiger charge is 2.25. The summed E-state index contributed by atoms with van der Waals surface area (Å²) >= 11 is 0. The van der Waals surface area contributed by atoms with Crippen LogP contribution in [0, 0.1) is 12.8 Å². The Labute approximate surface area is 113 Å². The molecule has 1 fully saturated rings. The van der Waals surface area contributed by atoms with Gasteiger partial charge in [-0.1, -0.05) is 19.1 Å². The molecule has 1 N–H and O–H groups in total. The molecule has 19 heavy (non-hydrogen) atoms. The predicted octanol–water partition coefficient (Wildman–Crippen LogP) is 3.06. The Morgan fingerprint density at radius 1 is 1.37 bits per heavy atom. The minimum atomic E-state index is -2.27. The predicted molar refractivity (Wildman–Crippen MR) is 75.0 cm³/mol. The summed E-state index contributed by atoms with van der Waals surface area (Å²) in [6, 6.07) is 8.52. The van der Waals surface area contributed by atoms with E-state index in [4.69, 9.17) is 0 Å². The highest BCUT2D eigenvalue weighted by atomic mass is 19.3. The number of halogens is 2. The Morgan fingerprint density at radius 2 is 2.16 bits per heavy atom. The molecule has 1 heterocycles. The summed E-state index contributed by atoms with van der Waals surface area (Å²) in [5, 5.41) is 2.97. The number of anilines is 1. The number of hydrogen-bond donors (Lipinski definition) is 1. The van der Waals surface area contributed by atoms with Gasteiger partial charge in [-0.25, -0.2) is 8.78 Å². The Morgan fingerprint density at radius 3 is 2.84 bits per heavy atom. The molecule has 1 aromatic carbocycles. The topological polar surface area (TPSA) is 15.3 Å². The van der Waals surface area contributed by atoms with Crippen LogP contribution in [0.4, 0.5) is 14.5 Å². The van der Waals surface area contributed by atoms with E-state index in [0.717, 1.165) is 19.5 Å². The van der Waals surface area contributed by atoms with Crippen LogP contribution in [0.2, 0.25) is 0 Å². The van der Waals surface area contributed by atoms with Crippen molar-refractivity contribution in [2.75, 3.05) is 24.5 Å². The largest absolute Gasteiger partial charge is 0.370 e. The molecule has 106 valence electrons. The van der Waals surface area contributed by atoms with E-state index >= 15 is 0 Å². The van der Waals surface area contributed by atoms with Crippen LogP contribution in [0.15, 0.2) is 24.3 Å². The molecule has 4 heteroatoms. The highest BCUT2D eigenvalue weighted by Crippen LogP contribution is 2.24. The van der Waals surface area contributed by atoms with Gasteiger partial charge in [0.2, 0.25) is 0 Å². The van der Waals surface area contributed by atoms with E-state index < -0.39 is 6.43 Å². The second-order valence-electron chi connectivity index (χ2n) is 5.58. The van der Waals surface area contributed by atoms with Crippen molar-refractivity contribution in [1.29, 1.82) is 0 Å². The van der Waals surface area contributed by atoms with E-state index in [1.165, 1.54) is 11.3 Å². The van der Waals surface area contributed by atoms with Crippen LogP contribution >= 0.6 is 0 Å². The van der Waals surface area contributed by atoms with E-state index in [0.29, 0.717) is 5.92 Å². The van der Waals surface area contributed by atoms with E-state index in [9.17, 15) is 8.78 Å². The first-order valence-electron chi connectivity index (χ1n) is 6.87. The van der Waals surface area contributed by atoms with Crippen molar-refractivity contribution in [3.63, 3.8) is 0 Å². The van der Waals surface area contributed by atoms with Crippen LogP contribution in [-0.2, 0) is 0 Å². The van der Waals surface area contributed by atoms with Gasteiger partial charge in [-0.05, 0) is 37.0 Å². The van der Waals surface area contributed by atoms with Crippen molar-refractivity contribution in [1.82, 2.24) is 5.32 Å². The van der Waals surface area contributed by atoms with Gasteiger partial charge in [0.25, 0.3) is 6.43 Å². The lowest BCUT2D eigenvalue weighted by Gasteiger charge is -2.38. The van der Waals surface area contributed by atoms with E-state index in [-0.39, 0.29) is 12.6 Å². The molecule has 0 saturated carbocycles. The fourth-order valence-corrected chi connectivity index (χ4v) is 2.79. The van der Waals surface area contributed by atoms with Gasteiger partial charge in [0.1, 0.15) is 0 Å². The van der Waals surface area contributed by atoms with Crippen molar-refractivity contribution in [2.45, 2.75) is 32.7 Å². The third kappa shape index (κ3) is 4.16. The highest BCUT2D eigenvalue weighted by molar-refractivity contribution is 5.49. The zero-order valence-electron chi connectivity index (χ0n) is 11.6. The van der Waals surface area contributed by atoms with Crippen molar-refractivity contribution < 1.29 is 8.78 Å². The lowest BCUT2D eigenvalue weighted by molar-refractivity contribution is 0.138. The summed E-state index contributed by atoms with van der Waals surface area (Å²) in [6.07, 6.45) is -1.31. The summed E-state index contributed by atoms with van der Waals surface area (Å²) in [5.74, 6) is 0.518. The van der Waals surface area contributed by atoms with Gasteiger partial charge < -0.3 is 10.2 Å². The van der Waals surface area contributed by atoms with E-state index in [2.05, 4.69) is 42.3 Å². The molecule has 0 amide bonds. The maximum Gasteiger partial charge on any atom is 0.250 e. The molecule has 0 aliphatic carbocycles. The molecule has 0 aromatic heterocycles. The second kappa shape index (κ2) is 6.33. The Kier molecular flexibility index (Phi) is 4.75. The molecule has 0 bridgehead atoms. The van der Waals surface area contributed by atoms with E-state index in [1.54, 1.807) is 0 Å². The SMILES string of the molecule is Cc1cccc(N2CC(C)CC(NCC(F)F)C2)c1. The van der Waals surface area contributed by atoms with Crippen molar-refractivity contribution in [3.8, 4) is 0 Å². The third-order valence-electron chi connectivity index (χ3n) is 3.59. The van der Waals surface area contributed by atoms with Gasteiger partial charge in [-0.2, -0.15) is 0 Å². The number of piperidine rings is 1. The number of hydrogen-bond acceptors (Lipinski definition) is 2. The van der Waals surface area contributed by atoms with Crippen LogP contribution in [-0.4, -0.2) is 32.1 Å². The number of rotatable bonds is 4. The first kappa shape index (κ1) is 14.3. The summed E-state index contributed by atoms with van der Waals surface area (Å²) in [6.45, 7) is 5.85. The van der Waals surface area contributed by atoms with Gasteiger partial charge >= 0.3 is 0 Å². The summed E-state index contributed by atoms with van der Waals surface area (Å²) < 4.78 is 24.6. The Hall–Kier alpha value is -1.16. The lowest BCUT2D eigenvalue weighted by Crippen LogP contribution is -2.49. The zero-order valence-corrected chi connectivity index (χ0v) is 11.6. The first-order valence-corrected chi connectivity index (χ1v) is 6.87. The number of alkyl halides is 2. The van der Waals surface area contributed by atoms with Gasteiger partial charge in [0.15, 0.2) is 0 Å². The minimum Gasteiger partial charge on any atom is -0.370 e. The van der Waals surface area contributed by atoms with Crippen LogP contribution in [0.5, 0.6) is 0 Å². The molecule has 1 aliphatic rings. The van der Waals surface area contributed by atoms with Crippen LogP contribution in [0.25, 0.3) is 0 Å². The molecule has 0 spiro atoms. The first-order chi connectivity index (χ1) is 9.04. The smallest absolute Gasteiger partial charge is 0.250 e. The fraction of sp³-hybridized carbons (Fsp3) is 0.600. The molecule has 0 radical (unpaired) electrons. The molecular weight excluding hydrogens is 246 g/mol.